The Morgan fingerprint density at radius 1 is 0.348 bits per heavy atom. The van der Waals surface area contributed by atoms with E-state index in [1.165, 1.54) is 283 Å². The van der Waals surface area contributed by atoms with Gasteiger partial charge in [-0.3, -0.25) is 9.59 Å². The van der Waals surface area contributed by atoms with Crippen molar-refractivity contribution >= 4 is 17.9 Å². The number of allylic oxidation sites excluding steroid dienone is 10. The van der Waals surface area contributed by atoms with Crippen LogP contribution >= 0.6 is 0 Å². The van der Waals surface area contributed by atoms with Gasteiger partial charge in [-0.25, -0.2) is 4.79 Å². The Balaban J connectivity index is 3.97. The minimum atomic E-state index is -1.51. The van der Waals surface area contributed by atoms with Crippen molar-refractivity contribution in [3.05, 3.63) is 60.8 Å². The summed E-state index contributed by atoms with van der Waals surface area (Å²) in [6.45, 7) is 4.83. The summed E-state index contributed by atoms with van der Waals surface area (Å²) in [4.78, 5) is 37.7. The zero-order chi connectivity index (χ0) is 64.7. The Hall–Kier alpha value is -3.01. The van der Waals surface area contributed by atoms with Crippen molar-refractivity contribution in [2.75, 3.05) is 47.5 Å². The zero-order valence-electron chi connectivity index (χ0n) is 59.6. The molecule has 0 saturated heterocycles. The first-order valence-corrected chi connectivity index (χ1v) is 38.5. The van der Waals surface area contributed by atoms with Gasteiger partial charge in [0.15, 0.2) is 6.10 Å². The lowest BCUT2D eigenvalue weighted by molar-refractivity contribution is -0.870. The second kappa shape index (κ2) is 70.9. The maximum atomic E-state index is 13.0. The van der Waals surface area contributed by atoms with Crippen LogP contribution in [0.25, 0.3) is 0 Å². The quantitative estimate of drug-likeness (QED) is 0.0211. The first-order chi connectivity index (χ1) is 43.6. The second-order valence-electron chi connectivity index (χ2n) is 27.3. The molecule has 0 saturated carbocycles. The third-order valence-electron chi connectivity index (χ3n) is 17.3. The number of quaternary nitrogens is 1. The topological polar surface area (TPSA) is 108 Å². The van der Waals surface area contributed by atoms with E-state index in [4.69, 9.17) is 18.9 Å². The lowest BCUT2D eigenvalue weighted by Crippen LogP contribution is -2.40. The molecule has 1 N–H and O–H groups in total. The summed E-state index contributed by atoms with van der Waals surface area (Å²) in [5, 5.41) is 9.76. The van der Waals surface area contributed by atoms with Crippen LogP contribution in [0.1, 0.15) is 373 Å². The highest BCUT2D eigenvalue weighted by atomic mass is 16.7. The third-order valence-corrected chi connectivity index (χ3v) is 17.3. The highest BCUT2D eigenvalue weighted by Gasteiger charge is 2.25. The molecule has 9 heteroatoms. The summed E-state index contributed by atoms with van der Waals surface area (Å²) in [5.41, 5.74) is 0. The molecule has 0 spiro atoms. The second-order valence-corrected chi connectivity index (χ2v) is 27.3. The fraction of sp³-hybridized carbons (Fsp3) is 0.838. The van der Waals surface area contributed by atoms with E-state index in [0.717, 1.165) is 64.2 Å². The molecule has 2 unspecified atom stereocenters. The number of carbonyl (C=O) groups excluding carboxylic acids is 2. The number of carboxylic acids is 1. The van der Waals surface area contributed by atoms with Crippen molar-refractivity contribution in [1.82, 2.24) is 0 Å². The molecule has 0 amide bonds. The van der Waals surface area contributed by atoms with Crippen molar-refractivity contribution in [2.24, 2.45) is 0 Å². The van der Waals surface area contributed by atoms with Crippen molar-refractivity contribution in [2.45, 2.75) is 386 Å². The molecule has 0 rings (SSSR count). The number of hydrogen-bond donors (Lipinski definition) is 1. The molecule has 0 aromatic heterocycles. The molecule has 0 bridgehead atoms. The van der Waals surface area contributed by atoms with Gasteiger partial charge in [0.1, 0.15) is 13.2 Å². The first-order valence-electron chi connectivity index (χ1n) is 38.5. The summed E-state index contributed by atoms with van der Waals surface area (Å²) in [6.07, 6.45) is 90.8. The molecule has 0 fully saturated rings. The standard InChI is InChI=1S/C80H147NO8/c1-6-8-10-12-14-16-18-20-22-24-26-28-30-32-33-34-35-36-37-38-39-40-41-42-43-44-45-47-49-51-53-55-57-59-61-63-65-67-69-71-78(83)89-76(75-88-80(79(84)85)86-73-72-81(3,4)5)74-87-77(82)70-68-66-64-62-60-58-56-54-52-50-48-46-31-29-27-25-23-21-19-17-15-13-11-9-7-2/h8,10,14,16,20,22,25-28,76,80H,6-7,9,11-13,15,17-19,21,23-24,29-75H2,1-5H3/p+1/b10-8-,16-14-,22-20-,27-25-,28-26-. The molecule has 0 aromatic carbocycles. The molecular weight excluding hydrogens is 1100 g/mol. The summed E-state index contributed by atoms with van der Waals surface area (Å²) in [6, 6.07) is 0. The van der Waals surface area contributed by atoms with Crippen LogP contribution in [-0.4, -0.2) is 87.4 Å². The molecule has 2 atom stereocenters. The number of hydrogen-bond acceptors (Lipinski definition) is 7. The fourth-order valence-electron chi connectivity index (χ4n) is 11.4. The van der Waals surface area contributed by atoms with E-state index in [0.29, 0.717) is 17.4 Å². The SMILES string of the molecule is CC/C=C\C/C=C\C/C=C\C/C=C\CCCCCCCCCCCCCCCCCCCCCCCCCCCCC(=O)OC(COC(=O)CCCCCCCCCCCCCCC/C=C\CCCCCCCCCC)COC(OCC[N+](C)(C)C)C(=O)O. The van der Waals surface area contributed by atoms with E-state index in [1.807, 2.05) is 21.1 Å². The van der Waals surface area contributed by atoms with E-state index >= 15 is 0 Å². The van der Waals surface area contributed by atoms with Crippen LogP contribution in [0.3, 0.4) is 0 Å². The highest BCUT2D eigenvalue weighted by molar-refractivity contribution is 5.71. The van der Waals surface area contributed by atoms with Crippen LogP contribution in [-0.2, 0) is 33.3 Å². The van der Waals surface area contributed by atoms with Crippen molar-refractivity contribution < 1.29 is 42.9 Å². The van der Waals surface area contributed by atoms with Gasteiger partial charge in [-0.2, -0.15) is 0 Å². The van der Waals surface area contributed by atoms with E-state index in [1.54, 1.807) is 0 Å². The van der Waals surface area contributed by atoms with Crippen molar-refractivity contribution in [3.8, 4) is 0 Å². The molecule has 0 heterocycles. The molecule has 89 heavy (non-hydrogen) atoms. The molecule has 9 nitrogen and oxygen atoms in total. The first kappa shape index (κ1) is 86.0. The largest absolute Gasteiger partial charge is 0.477 e. The monoisotopic (exact) mass is 1250 g/mol. The number of likely N-dealkylation sites (N-methyl/N-ethyl adjacent to an activating group) is 1. The predicted octanol–water partition coefficient (Wildman–Crippen LogP) is 24.3. The Kier molecular flexibility index (Phi) is 68.5. The number of carbonyl (C=O) groups is 3. The Labute approximate surface area is 552 Å². The Morgan fingerprint density at radius 2 is 0.640 bits per heavy atom. The van der Waals surface area contributed by atoms with E-state index in [-0.39, 0.29) is 38.2 Å². The highest BCUT2D eigenvalue weighted by Crippen LogP contribution is 2.19. The van der Waals surface area contributed by atoms with Gasteiger partial charge in [0.25, 0.3) is 6.29 Å². The average molecular weight is 1250 g/mol. The smallest absolute Gasteiger partial charge is 0.361 e. The van der Waals surface area contributed by atoms with Gasteiger partial charge in [-0.15, -0.1) is 0 Å². The van der Waals surface area contributed by atoms with Crippen LogP contribution in [0, 0.1) is 0 Å². The normalized spacial score (nSPS) is 13.0. The molecule has 0 radical (unpaired) electrons. The van der Waals surface area contributed by atoms with Crippen LogP contribution < -0.4 is 0 Å². The van der Waals surface area contributed by atoms with Gasteiger partial charge >= 0.3 is 17.9 Å². The lowest BCUT2D eigenvalue weighted by atomic mass is 10.0. The van der Waals surface area contributed by atoms with Crippen LogP contribution in [0.2, 0.25) is 0 Å². The van der Waals surface area contributed by atoms with Crippen molar-refractivity contribution in [3.63, 3.8) is 0 Å². The van der Waals surface area contributed by atoms with Gasteiger partial charge in [0.2, 0.25) is 0 Å². The van der Waals surface area contributed by atoms with E-state index in [9.17, 15) is 19.5 Å². The van der Waals surface area contributed by atoms with Gasteiger partial charge < -0.3 is 28.5 Å². The van der Waals surface area contributed by atoms with Crippen molar-refractivity contribution in [1.29, 1.82) is 0 Å². The molecular formula is C80H148NO8+. The molecule has 0 aromatic rings. The minimum Gasteiger partial charge on any atom is -0.477 e. The Bertz CT molecular complexity index is 1650. The molecule has 0 aliphatic heterocycles. The third kappa shape index (κ3) is 72.3. The van der Waals surface area contributed by atoms with Gasteiger partial charge in [-0.05, 0) is 77.0 Å². The maximum absolute atomic E-state index is 13.0. The fourth-order valence-corrected chi connectivity index (χ4v) is 11.4. The number of unbranched alkanes of at least 4 members (excludes halogenated alkanes) is 47. The molecule has 0 aliphatic rings. The molecule has 520 valence electrons. The average Bonchev–Trinajstić information content (AvgIpc) is 3.64. The van der Waals surface area contributed by atoms with Crippen LogP contribution in [0.4, 0.5) is 0 Å². The lowest BCUT2D eigenvalue weighted by Gasteiger charge is -2.25. The number of rotatable bonds is 72. The maximum Gasteiger partial charge on any atom is 0.361 e. The summed E-state index contributed by atoms with van der Waals surface area (Å²) >= 11 is 0. The van der Waals surface area contributed by atoms with E-state index < -0.39 is 18.4 Å². The number of aliphatic carboxylic acids is 1. The predicted molar refractivity (Wildman–Crippen MR) is 383 cm³/mol. The van der Waals surface area contributed by atoms with Crippen LogP contribution in [0.5, 0.6) is 0 Å². The summed E-state index contributed by atoms with van der Waals surface area (Å²) in [7, 11) is 5.99. The molecule has 0 aliphatic carbocycles. The summed E-state index contributed by atoms with van der Waals surface area (Å²) in [5.74, 6) is -1.98. The van der Waals surface area contributed by atoms with Gasteiger partial charge in [0.05, 0.1) is 34.4 Å². The van der Waals surface area contributed by atoms with Crippen LogP contribution in [0.15, 0.2) is 60.8 Å². The van der Waals surface area contributed by atoms with E-state index in [2.05, 4.69) is 74.6 Å². The van der Waals surface area contributed by atoms with Gasteiger partial charge in [-0.1, -0.05) is 344 Å². The van der Waals surface area contributed by atoms with Gasteiger partial charge in [0, 0.05) is 12.8 Å². The number of nitrogens with zero attached hydrogens (tertiary/aromatic N) is 1. The Morgan fingerprint density at radius 3 is 0.966 bits per heavy atom. The summed E-state index contributed by atoms with van der Waals surface area (Å²) < 4.78 is 23.0. The number of ether oxygens (including phenoxy) is 4. The zero-order valence-corrected chi connectivity index (χ0v) is 59.6. The number of esters is 2. The number of carboxylic acid groups (broad SMARTS) is 1. The minimum absolute atomic E-state index is 0.177.